The van der Waals surface area contributed by atoms with E-state index < -0.39 is 0 Å². The molecule has 1 fully saturated rings. The molecule has 2 amide bonds. The number of amides is 2. The number of benzene rings is 2. The van der Waals surface area contributed by atoms with E-state index in [0.29, 0.717) is 36.2 Å². The molecule has 1 aliphatic rings. The van der Waals surface area contributed by atoms with Crippen molar-refractivity contribution in [1.82, 2.24) is 16.0 Å². The predicted molar refractivity (Wildman–Crippen MR) is 123 cm³/mol. The summed E-state index contributed by atoms with van der Waals surface area (Å²) in [6.45, 7) is 2.09. The average Bonchev–Trinajstić information content (AvgIpc) is 3.21. The highest BCUT2D eigenvalue weighted by Crippen LogP contribution is 2.18. The molecule has 0 aromatic heterocycles. The minimum absolute atomic E-state index is 0. The first-order valence-electron chi connectivity index (χ1n) is 9.78. The van der Waals surface area contributed by atoms with Crippen molar-refractivity contribution < 1.29 is 9.59 Å². The molecule has 3 N–H and O–H groups in total. The summed E-state index contributed by atoms with van der Waals surface area (Å²) >= 11 is 11.8. The smallest absolute Gasteiger partial charge is 0.225 e. The highest BCUT2D eigenvalue weighted by molar-refractivity contribution is 6.30. The zero-order chi connectivity index (χ0) is 20.6. The Hall–Kier alpha value is -1.79. The number of rotatable bonds is 8. The Bertz CT molecular complexity index is 759. The molecule has 1 heterocycles. The van der Waals surface area contributed by atoms with E-state index in [2.05, 4.69) is 16.0 Å². The fourth-order valence-electron chi connectivity index (χ4n) is 3.45. The molecular weight excluding hydrogens is 445 g/mol. The van der Waals surface area contributed by atoms with Gasteiger partial charge in [0.1, 0.15) is 0 Å². The Morgan fingerprint density at radius 2 is 1.13 bits per heavy atom. The molecule has 162 valence electrons. The molecule has 1 saturated heterocycles. The van der Waals surface area contributed by atoms with Crippen LogP contribution in [-0.2, 0) is 22.4 Å². The zero-order valence-corrected chi connectivity index (χ0v) is 18.8. The first-order chi connectivity index (χ1) is 14.0. The SMILES string of the molecule is Cl.O=C(NCCc1ccc(Cl)cc1)[C@@H]1CNC[C@H]1C(=O)NCCc1ccc(Cl)cc1. The molecule has 0 radical (unpaired) electrons. The van der Waals surface area contributed by atoms with Crippen LogP contribution < -0.4 is 16.0 Å². The maximum atomic E-state index is 12.6. The van der Waals surface area contributed by atoms with Crippen molar-refractivity contribution in [3.8, 4) is 0 Å². The third-order valence-corrected chi connectivity index (χ3v) is 5.64. The molecule has 0 aliphatic carbocycles. The standard InChI is InChI=1S/C22H25Cl2N3O2.ClH/c23-17-5-1-15(2-6-17)9-11-26-21(28)19-13-25-14-20(19)22(29)27-12-10-16-3-7-18(24)8-4-16;/h1-8,19-20,25H,9-14H2,(H,26,28)(H,27,29);1H/t19-,20-;/m1./s1. The van der Waals surface area contributed by atoms with E-state index in [4.69, 9.17) is 23.2 Å². The quantitative estimate of drug-likeness (QED) is 0.554. The van der Waals surface area contributed by atoms with Crippen LogP contribution in [0.15, 0.2) is 48.5 Å². The van der Waals surface area contributed by atoms with Crippen LogP contribution in [0.5, 0.6) is 0 Å². The Morgan fingerprint density at radius 1 is 0.767 bits per heavy atom. The molecule has 0 bridgehead atoms. The molecule has 2 atom stereocenters. The highest BCUT2D eigenvalue weighted by Gasteiger charge is 2.37. The fraction of sp³-hybridized carbons (Fsp3) is 0.364. The number of halogens is 3. The number of nitrogens with one attached hydrogen (secondary N) is 3. The zero-order valence-electron chi connectivity index (χ0n) is 16.5. The van der Waals surface area contributed by atoms with Gasteiger partial charge >= 0.3 is 0 Å². The molecule has 0 unspecified atom stereocenters. The summed E-state index contributed by atoms with van der Waals surface area (Å²) < 4.78 is 0. The first kappa shape index (κ1) is 24.5. The number of hydrogen-bond acceptors (Lipinski definition) is 3. The van der Waals surface area contributed by atoms with Gasteiger partial charge in [-0.3, -0.25) is 9.59 Å². The van der Waals surface area contributed by atoms with E-state index in [0.717, 1.165) is 24.0 Å². The minimum Gasteiger partial charge on any atom is -0.355 e. The number of carbonyl (C=O) groups excluding carboxylic acids is 2. The lowest BCUT2D eigenvalue weighted by atomic mass is 9.94. The third-order valence-electron chi connectivity index (χ3n) is 5.14. The van der Waals surface area contributed by atoms with E-state index in [-0.39, 0.29) is 36.1 Å². The Balaban J connectivity index is 0.00000320. The van der Waals surface area contributed by atoms with Crippen molar-refractivity contribution >= 4 is 47.4 Å². The molecule has 3 rings (SSSR count). The van der Waals surface area contributed by atoms with Gasteiger partial charge in [0, 0.05) is 36.2 Å². The molecule has 0 spiro atoms. The normalized spacial score (nSPS) is 17.8. The molecule has 2 aromatic carbocycles. The predicted octanol–water partition coefficient (Wildman–Crippen LogP) is 3.27. The summed E-state index contributed by atoms with van der Waals surface area (Å²) in [5, 5.41) is 10.5. The second-order valence-corrected chi connectivity index (χ2v) is 8.08. The maximum Gasteiger partial charge on any atom is 0.225 e. The topological polar surface area (TPSA) is 70.2 Å². The summed E-state index contributed by atoms with van der Waals surface area (Å²) in [7, 11) is 0. The Kier molecular flexibility index (Phi) is 9.92. The van der Waals surface area contributed by atoms with Crippen LogP contribution in [0.2, 0.25) is 10.0 Å². The molecule has 1 aliphatic heterocycles. The molecular formula is C22H26Cl3N3O2. The third kappa shape index (κ3) is 7.17. The van der Waals surface area contributed by atoms with Gasteiger partial charge in [0.2, 0.25) is 11.8 Å². The van der Waals surface area contributed by atoms with Crippen LogP contribution >= 0.6 is 35.6 Å². The van der Waals surface area contributed by atoms with Crippen molar-refractivity contribution in [3.05, 3.63) is 69.7 Å². The first-order valence-corrected chi connectivity index (χ1v) is 10.5. The summed E-state index contributed by atoms with van der Waals surface area (Å²) in [5.41, 5.74) is 2.21. The molecule has 0 saturated carbocycles. The summed E-state index contributed by atoms with van der Waals surface area (Å²) in [5.74, 6) is -0.866. The van der Waals surface area contributed by atoms with Crippen LogP contribution in [-0.4, -0.2) is 38.0 Å². The van der Waals surface area contributed by atoms with Gasteiger partial charge in [-0.15, -0.1) is 12.4 Å². The lowest BCUT2D eigenvalue weighted by Crippen LogP contribution is -2.42. The van der Waals surface area contributed by atoms with Gasteiger partial charge in [-0.05, 0) is 48.2 Å². The lowest BCUT2D eigenvalue weighted by molar-refractivity contribution is -0.132. The van der Waals surface area contributed by atoms with Crippen LogP contribution in [0.4, 0.5) is 0 Å². The molecule has 8 heteroatoms. The molecule has 2 aromatic rings. The second kappa shape index (κ2) is 12.2. The van der Waals surface area contributed by atoms with Crippen molar-refractivity contribution in [2.45, 2.75) is 12.8 Å². The van der Waals surface area contributed by atoms with Crippen LogP contribution in [0, 0.1) is 11.8 Å². The molecule has 30 heavy (non-hydrogen) atoms. The number of carbonyl (C=O) groups is 2. The molecule has 5 nitrogen and oxygen atoms in total. The van der Waals surface area contributed by atoms with Crippen molar-refractivity contribution in [1.29, 1.82) is 0 Å². The maximum absolute atomic E-state index is 12.6. The van der Waals surface area contributed by atoms with Crippen molar-refractivity contribution in [2.75, 3.05) is 26.2 Å². The van der Waals surface area contributed by atoms with Gasteiger partial charge in [-0.2, -0.15) is 0 Å². The van der Waals surface area contributed by atoms with Gasteiger partial charge in [0.25, 0.3) is 0 Å². The lowest BCUT2D eigenvalue weighted by Gasteiger charge is -2.18. The average molecular weight is 471 g/mol. The van der Waals surface area contributed by atoms with Gasteiger partial charge < -0.3 is 16.0 Å². The van der Waals surface area contributed by atoms with Gasteiger partial charge in [-0.1, -0.05) is 47.5 Å². The van der Waals surface area contributed by atoms with E-state index in [9.17, 15) is 9.59 Å². The van der Waals surface area contributed by atoms with Crippen LogP contribution in [0.3, 0.4) is 0 Å². The fourth-order valence-corrected chi connectivity index (χ4v) is 3.71. The van der Waals surface area contributed by atoms with Gasteiger partial charge in [0.15, 0.2) is 0 Å². The second-order valence-electron chi connectivity index (χ2n) is 7.21. The largest absolute Gasteiger partial charge is 0.355 e. The van der Waals surface area contributed by atoms with Crippen LogP contribution in [0.25, 0.3) is 0 Å². The van der Waals surface area contributed by atoms with Crippen molar-refractivity contribution in [3.63, 3.8) is 0 Å². The van der Waals surface area contributed by atoms with Crippen LogP contribution in [0.1, 0.15) is 11.1 Å². The minimum atomic E-state index is -0.351. The monoisotopic (exact) mass is 469 g/mol. The summed E-state index contributed by atoms with van der Waals surface area (Å²) in [6.07, 6.45) is 1.45. The van der Waals surface area contributed by atoms with Gasteiger partial charge in [0.05, 0.1) is 11.8 Å². The van der Waals surface area contributed by atoms with E-state index in [1.54, 1.807) is 0 Å². The summed E-state index contributed by atoms with van der Waals surface area (Å²) in [6, 6.07) is 15.1. The van der Waals surface area contributed by atoms with Gasteiger partial charge in [-0.25, -0.2) is 0 Å². The van der Waals surface area contributed by atoms with E-state index in [1.807, 2.05) is 48.5 Å². The Morgan fingerprint density at radius 3 is 1.50 bits per heavy atom. The summed E-state index contributed by atoms with van der Waals surface area (Å²) in [4.78, 5) is 25.1. The Labute approximate surface area is 193 Å². The highest BCUT2D eigenvalue weighted by atomic mass is 35.5. The van der Waals surface area contributed by atoms with E-state index >= 15 is 0 Å². The van der Waals surface area contributed by atoms with Crippen molar-refractivity contribution in [2.24, 2.45) is 11.8 Å². The number of hydrogen-bond donors (Lipinski definition) is 3. The van der Waals surface area contributed by atoms with E-state index in [1.165, 1.54) is 0 Å².